The number of carbonyl (C=O) groups is 3. The molecule has 2 saturated heterocycles. The lowest BCUT2D eigenvalue weighted by Gasteiger charge is -2.20. The van der Waals surface area contributed by atoms with Gasteiger partial charge in [0.2, 0.25) is 5.91 Å². The number of anilines is 1. The molecule has 0 bridgehead atoms. The Morgan fingerprint density at radius 1 is 1.32 bits per heavy atom. The van der Waals surface area contributed by atoms with Crippen LogP contribution in [0.2, 0.25) is 0 Å². The van der Waals surface area contributed by atoms with Crippen molar-refractivity contribution in [2.45, 2.75) is 38.8 Å². The Hall–Kier alpha value is -2.90. The third-order valence-corrected chi connectivity index (χ3v) is 4.74. The van der Waals surface area contributed by atoms with E-state index in [1.807, 2.05) is 6.92 Å². The highest BCUT2D eigenvalue weighted by Gasteiger charge is 2.40. The van der Waals surface area contributed by atoms with Gasteiger partial charge in [0.1, 0.15) is 17.1 Å². The number of hydrogen-bond acceptors (Lipinski definition) is 5. The molecule has 0 aliphatic carbocycles. The summed E-state index contributed by atoms with van der Waals surface area (Å²) in [5.74, 6) is 0.636. The normalized spacial score (nSPS) is 23.8. The lowest BCUT2D eigenvalue weighted by molar-refractivity contribution is -0.127. The topological polar surface area (TPSA) is 95.8 Å². The van der Waals surface area contributed by atoms with Crippen LogP contribution in [0.15, 0.2) is 22.6 Å². The van der Waals surface area contributed by atoms with Crippen molar-refractivity contribution in [3.8, 4) is 0 Å². The summed E-state index contributed by atoms with van der Waals surface area (Å²) >= 11 is 0. The summed E-state index contributed by atoms with van der Waals surface area (Å²) in [5, 5.41) is 2.62. The quantitative estimate of drug-likeness (QED) is 0.860. The molecule has 25 heavy (non-hydrogen) atoms. The van der Waals surface area contributed by atoms with E-state index in [-0.39, 0.29) is 17.9 Å². The average Bonchev–Trinajstić information content (AvgIpc) is 3.23. The zero-order chi connectivity index (χ0) is 17.7. The maximum absolute atomic E-state index is 12.3. The van der Waals surface area contributed by atoms with Gasteiger partial charge in [-0.1, -0.05) is 0 Å². The van der Waals surface area contributed by atoms with Crippen LogP contribution in [0, 0.1) is 0 Å². The fourth-order valence-corrected chi connectivity index (χ4v) is 3.40. The van der Waals surface area contributed by atoms with Gasteiger partial charge in [-0.3, -0.25) is 19.4 Å². The van der Waals surface area contributed by atoms with Crippen molar-refractivity contribution < 1.29 is 18.8 Å². The van der Waals surface area contributed by atoms with E-state index in [9.17, 15) is 14.4 Å². The number of likely N-dealkylation sites (N-methyl/N-ethyl adjacent to an activating group) is 1. The number of rotatable bonds is 3. The lowest BCUT2D eigenvalue weighted by Crippen LogP contribution is -2.31. The number of urea groups is 1. The average molecular weight is 342 g/mol. The first-order valence-electron chi connectivity index (χ1n) is 8.34. The Labute approximate surface area is 143 Å². The summed E-state index contributed by atoms with van der Waals surface area (Å²) in [7, 11) is 0. The molecule has 0 aromatic carbocycles. The number of nitrogens with zero attached hydrogens (tertiary/aromatic N) is 3. The molecule has 2 fully saturated rings. The minimum absolute atomic E-state index is 0.0555. The maximum Gasteiger partial charge on any atom is 0.325 e. The highest BCUT2D eigenvalue weighted by Crippen LogP contribution is 2.30. The van der Waals surface area contributed by atoms with Crippen molar-refractivity contribution in [3.05, 3.63) is 24.0 Å². The second-order valence-corrected chi connectivity index (χ2v) is 6.32. The second kappa shape index (κ2) is 5.58. The highest BCUT2D eigenvalue weighted by molar-refractivity contribution is 6.04. The molecule has 4 rings (SSSR count). The molecular weight excluding hydrogens is 324 g/mol. The first-order valence-corrected chi connectivity index (χ1v) is 8.34. The van der Waals surface area contributed by atoms with E-state index in [4.69, 9.17) is 4.42 Å². The van der Waals surface area contributed by atoms with Gasteiger partial charge in [-0.25, -0.2) is 9.78 Å². The molecule has 8 heteroatoms. The van der Waals surface area contributed by atoms with Crippen molar-refractivity contribution in [1.82, 2.24) is 15.2 Å². The predicted molar refractivity (Wildman–Crippen MR) is 88.9 cm³/mol. The number of pyridine rings is 1. The molecule has 2 aliphatic rings. The van der Waals surface area contributed by atoms with Crippen LogP contribution in [-0.2, 0) is 9.59 Å². The Morgan fingerprint density at radius 2 is 2.12 bits per heavy atom. The Morgan fingerprint density at radius 3 is 2.76 bits per heavy atom. The summed E-state index contributed by atoms with van der Waals surface area (Å²) < 4.78 is 5.71. The fraction of sp³-hybridized carbons (Fsp3) is 0.412. The lowest BCUT2D eigenvalue weighted by atomic mass is 10.2. The van der Waals surface area contributed by atoms with E-state index in [0.717, 1.165) is 11.3 Å². The maximum atomic E-state index is 12.3. The molecule has 2 aromatic rings. The third kappa shape index (κ3) is 2.36. The summed E-state index contributed by atoms with van der Waals surface area (Å²) in [5.41, 5.74) is 1.06. The molecule has 1 N–H and O–H groups in total. The highest BCUT2D eigenvalue weighted by atomic mass is 16.3. The first-order chi connectivity index (χ1) is 12.0. The minimum atomic E-state index is -0.836. The van der Waals surface area contributed by atoms with Crippen LogP contribution in [0.5, 0.6) is 0 Å². The first kappa shape index (κ1) is 15.6. The Bertz CT molecular complexity index is 890. The van der Waals surface area contributed by atoms with Gasteiger partial charge in [0.15, 0.2) is 11.6 Å². The molecule has 2 atom stereocenters. The molecule has 2 aromatic heterocycles. The van der Waals surface area contributed by atoms with Gasteiger partial charge < -0.3 is 9.73 Å². The number of carbonyl (C=O) groups excluding carboxylic acids is 3. The molecular formula is C17H18N4O4. The van der Waals surface area contributed by atoms with E-state index < -0.39 is 12.1 Å². The standard InChI is InChI=1S/C17H18N4O4/c1-3-20-16(23)15(19-17(20)24)12-8-10-11(25-12)5-6-13(18-10)21-9(2)4-7-14(21)22/h5-6,8-9,15H,3-4,7H2,1-2H3,(H,19,24)/t9?,15-/m0/s1. The minimum Gasteiger partial charge on any atom is -0.457 e. The molecule has 8 nitrogen and oxygen atoms in total. The number of imide groups is 1. The van der Waals surface area contributed by atoms with Gasteiger partial charge in [0.25, 0.3) is 5.91 Å². The number of hydrogen-bond donors (Lipinski definition) is 1. The largest absolute Gasteiger partial charge is 0.457 e. The van der Waals surface area contributed by atoms with Crippen molar-refractivity contribution in [2.75, 3.05) is 11.4 Å². The Balaban J connectivity index is 1.69. The van der Waals surface area contributed by atoms with Gasteiger partial charge in [0.05, 0.1) is 0 Å². The molecule has 4 amide bonds. The van der Waals surface area contributed by atoms with Crippen molar-refractivity contribution in [3.63, 3.8) is 0 Å². The van der Waals surface area contributed by atoms with E-state index in [0.29, 0.717) is 35.6 Å². The van der Waals surface area contributed by atoms with E-state index >= 15 is 0 Å². The zero-order valence-corrected chi connectivity index (χ0v) is 14.0. The molecule has 0 spiro atoms. The summed E-state index contributed by atoms with van der Waals surface area (Å²) in [6.07, 6.45) is 1.33. The monoisotopic (exact) mass is 342 g/mol. The smallest absolute Gasteiger partial charge is 0.325 e. The van der Waals surface area contributed by atoms with Crippen LogP contribution in [0.4, 0.5) is 10.6 Å². The van der Waals surface area contributed by atoms with Crippen LogP contribution < -0.4 is 10.2 Å². The second-order valence-electron chi connectivity index (χ2n) is 6.32. The number of fused-ring (bicyclic) bond motifs is 1. The van der Waals surface area contributed by atoms with Crippen LogP contribution in [0.1, 0.15) is 38.5 Å². The predicted octanol–water partition coefficient (Wildman–Crippen LogP) is 1.96. The van der Waals surface area contributed by atoms with Gasteiger partial charge >= 0.3 is 6.03 Å². The molecule has 4 heterocycles. The molecule has 130 valence electrons. The van der Waals surface area contributed by atoms with E-state index in [2.05, 4.69) is 10.3 Å². The Kier molecular flexibility index (Phi) is 3.48. The SMILES string of the molecule is CCN1C(=O)N[C@@H](c2cc3nc(N4C(=O)CCC4C)ccc3o2)C1=O. The van der Waals surface area contributed by atoms with Gasteiger partial charge in [-0.05, 0) is 32.4 Å². The van der Waals surface area contributed by atoms with Crippen molar-refractivity contribution in [1.29, 1.82) is 0 Å². The van der Waals surface area contributed by atoms with Gasteiger partial charge in [-0.15, -0.1) is 0 Å². The van der Waals surface area contributed by atoms with Crippen LogP contribution in [0.25, 0.3) is 11.1 Å². The molecule has 2 aliphatic heterocycles. The molecule has 1 unspecified atom stereocenters. The summed E-state index contributed by atoms with van der Waals surface area (Å²) in [6, 6.07) is 3.96. The van der Waals surface area contributed by atoms with E-state index in [1.165, 1.54) is 0 Å². The molecule has 0 saturated carbocycles. The number of nitrogens with one attached hydrogen (secondary N) is 1. The number of amides is 4. The van der Waals surface area contributed by atoms with Crippen molar-refractivity contribution >= 4 is 34.8 Å². The van der Waals surface area contributed by atoms with Crippen LogP contribution in [0.3, 0.4) is 0 Å². The summed E-state index contributed by atoms with van der Waals surface area (Å²) in [4.78, 5) is 43.5. The van der Waals surface area contributed by atoms with Gasteiger partial charge in [-0.2, -0.15) is 0 Å². The fourth-order valence-electron chi connectivity index (χ4n) is 3.40. The van der Waals surface area contributed by atoms with Gasteiger partial charge in [0, 0.05) is 25.1 Å². The van der Waals surface area contributed by atoms with E-state index in [1.54, 1.807) is 30.0 Å². The van der Waals surface area contributed by atoms with Crippen LogP contribution >= 0.6 is 0 Å². The molecule has 0 radical (unpaired) electrons. The number of aromatic nitrogens is 1. The van der Waals surface area contributed by atoms with Crippen molar-refractivity contribution in [2.24, 2.45) is 0 Å². The number of furan rings is 1. The third-order valence-electron chi connectivity index (χ3n) is 4.74. The van der Waals surface area contributed by atoms with Crippen LogP contribution in [-0.4, -0.2) is 40.3 Å². The zero-order valence-electron chi connectivity index (χ0n) is 14.0. The summed E-state index contributed by atoms with van der Waals surface area (Å²) in [6.45, 7) is 4.03.